The molecule has 0 saturated carbocycles. The summed E-state index contributed by atoms with van der Waals surface area (Å²) in [6.07, 6.45) is 0. The molecule has 1 rings (SSSR count). The molecule has 88 valence electrons. The Balaban J connectivity index is 2.69. The van der Waals surface area contributed by atoms with Gasteiger partial charge in [-0.05, 0) is 12.1 Å². The average Bonchev–Trinajstić information content (AvgIpc) is 2.16. The predicted molar refractivity (Wildman–Crippen MR) is 54.8 cm³/mol. The number of benzene rings is 1. The second-order valence-electron chi connectivity index (χ2n) is 3.21. The van der Waals surface area contributed by atoms with Gasteiger partial charge in [-0.25, -0.2) is 8.78 Å². The van der Waals surface area contributed by atoms with Crippen molar-refractivity contribution in [3.63, 3.8) is 0 Å². The van der Waals surface area contributed by atoms with E-state index in [2.05, 4.69) is 10.1 Å². The van der Waals surface area contributed by atoms with E-state index >= 15 is 0 Å². The smallest absolute Gasteiger partial charge is 0.243 e. The Bertz CT molecular complexity index is 365. The second-order valence-corrected chi connectivity index (χ2v) is 3.21. The van der Waals surface area contributed by atoms with E-state index in [9.17, 15) is 13.6 Å². The van der Waals surface area contributed by atoms with Gasteiger partial charge in [-0.2, -0.15) is 0 Å². The third kappa shape index (κ3) is 3.56. The van der Waals surface area contributed by atoms with Gasteiger partial charge in [0.1, 0.15) is 17.7 Å². The molecule has 0 fully saturated rings. The van der Waals surface area contributed by atoms with Gasteiger partial charge in [0.15, 0.2) is 0 Å². The fourth-order valence-electron chi connectivity index (χ4n) is 1.12. The number of carbonyl (C=O) groups is 1. The lowest BCUT2D eigenvalue weighted by atomic mass is 10.2. The van der Waals surface area contributed by atoms with Gasteiger partial charge >= 0.3 is 0 Å². The van der Waals surface area contributed by atoms with Crippen LogP contribution < -0.4 is 11.1 Å². The van der Waals surface area contributed by atoms with Crippen molar-refractivity contribution in [2.45, 2.75) is 6.04 Å². The van der Waals surface area contributed by atoms with E-state index in [-0.39, 0.29) is 12.3 Å². The number of hydrogen-bond acceptors (Lipinski definition) is 3. The van der Waals surface area contributed by atoms with Crippen molar-refractivity contribution < 1.29 is 18.3 Å². The summed E-state index contributed by atoms with van der Waals surface area (Å²) in [5, 5.41) is 2.28. The highest BCUT2D eigenvalue weighted by Gasteiger charge is 2.13. The van der Waals surface area contributed by atoms with Gasteiger partial charge in [0, 0.05) is 18.9 Å². The average molecular weight is 230 g/mol. The highest BCUT2D eigenvalue weighted by molar-refractivity contribution is 5.94. The zero-order chi connectivity index (χ0) is 12.1. The molecular formula is C10H12F2N2O2. The third-order valence-corrected chi connectivity index (χ3v) is 1.81. The molecule has 0 aromatic heterocycles. The molecule has 1 unspecified atom stereocenters. The van der Waals surface area contributed by atoms with Crippen LogP contribution in [0.1, 0.15) is 0 Å². The van der Waals surface area contributed by atoms with Crippen molar-refractivity contribution in [3.8, 4) is 0 Å². The largest absolute Gasteiger partial charge is 0.383 e. The van der Waals surface area contributed by atoms with Crippen LogP contribution in [0.4, 0.5) is 14.5 Å². The van der Waals surface area contributed by atoms with Crippen molar-refractivity contribution in [1.29, 1.82) is 0 Å². The quantitative estimate of drug-likeness (QED) is 0.806. The maximum atomic E-state index is 12.8. The number of nitrogens with one attached hydrogen (secondary N) is 1. The Morgan fingerprint density at radius 3 is 2.50 bits per heavy atom. The van der Waals surface area contributed by atoms with Crippen LogP contribution in [0.5, 0.6) is 0 Å². The van der Waals surface area contributed by atoms with Crippen LogP contribution in [-0.2, 0) is 9.53 Å². The zero-order valence-corrected chi connectivity index (χ0v) is 8.67. The summed E-state index contributed by atoms with van der Waals surface area (Å²) < 4.78 is 30.2. The van der Waals surface area contributed by atoms with Crippen molar-refractivity contribution in [2.24, 2.45) is 5.73 Å². The minimum atomic E-state index is -0.878. The van der Waals surface area contributed by atoms with Gasteiger partial charge in [-0.1, -0.05) is 0 Å². The SMILES string of the molecule is COCC(N)C(=O)Nc1cc(F)cc(F)c1. The molecular weight excluding hydrogens is 218 g/mol. The highest BCUT2D eigenvalue weighted by Crippen LogP contribution is 2.12. The Morgan fingerprint density at radius 2 is 2.00 bits per heavy atom. The summed E-state index contributed by atoms with van der Waals surface area (Å²) >= 11 is 0. The van der Waals surface area contributed by atoms with Crippen LogP contribution in [0.2, 0.25) is 0 Å². The number of carbonyl (C=O) groups excluding carboxylic acids is 1. The first-order chi connectivity index (χ1) is 7.52. The van der Waals surface area contributed by atoms with Crippen LogP contribution in [0.3, 0.4) is 0 Å². The van der Waals surface area contributed by atoms with Crippen LogP contribution in [0.15, 0.2) is 18.2 Å². The van der Waals surface area contributed by atoms with E-state index in [1.807, 2.05) is 0 Å². The number of nitrogens with two attached hydrogens (primary N) is 1. The monoisotopic (exact) mass is 230 g/mol. The Hall–Kier alpha value is -1.53. The first kappa shape index (κ1) is 12.5. The van der Waals surface area contributed by atoms with Crippen LogP contribution in [0.25, 0.3) is 0 Å². The molecule has 0 aliphatic rings. The number of methoxy groups -OCH3 is 1. The van der Waals surface area contributed by atoms with E-state index in [1.54, 1.807) is 0 Å². The first-order valence-corrected chi connectivity index (χ1v) is 4.54. The Labute approximate surface area is 91.4 Å². The molecule has 4 nitrogen and oxygen atoms in total. The molecule has 3 N–H and O–H groups in total. The maximum absolute atomic E-state index is 12.8. The standard InChI is InChI=1S/C10H12F2N2O2/c1-16-5-9(13)10(15)14-8-3-6(11)2-7(12)4-8/h2-4,9H,5,13H2,1H3,(H,14,15). The fourth-order valence-corrected chi connectivity index (χ4v) is 1.12. The lowest BCUT2D eigenvalue weighted by Gasteiger charge is -2.11. The molecule has 0 aliphatic heterocycles. The van der Waals surface area contributed by atoms with E-state index < -0.39 is 23.6 Å². The minimum Gasteiger partial charge on any atom is -0.383 e. The Morgan fingerprint density at radius 1 is 1.44 bits per heavy atom. The van der Waals surface area contributed by atoms with Crippen LogP contribution >= 0.6 is 0 Å². The molecule has 6 heteroatoms. The van der Waals surface area contributed by atoms with Crippen LogP contribution in [-0.4, -0.2) is 25.7 Å². The van der Waals surface area contributed by atoms with Crippen molar-refractivity contribution in [1.82, 2.24) is 0 Å². The van der Waals surface area contributed by atoms with Gasteiger partial charge < -0.3 is 15.8 Å². The molecule has 1 amide bonds. The predicted octanol–water partition coefficient (Wildman–Crippen LogP) is 0.877. The molecule has 1 aromatic rings. The topological polar surface area (TPSA) is 64.3 Å². The number of halogens is 2. The fraction of sp³-hybridized carbons (Fsp3) is 0.300. The molecule has 0 bridgehead atoms. The van der Waals surface area contributed by atoms with Crippen molar-refractivity contribution >= 4 is 11.6 Å². The van der Waals surface area contributed by atoms with Gasteiger partial charge in [0.2, 0.25) is 5.91 Å². The van der Waals surface area contributed by atoms with E-state index in [0.29, 0.717) is 6.07 Å². The summed E-state index contributed by atoms with van der Waals surface area (Å²) in [4.78, 5) is 11.4. The lowest BCUT2D eigenvalue weighted by molar-refractivity contribution is -0.118. The summed E-state index contributed by atoms with van der Waals surface area (Å²) in [5.74, 6) is -2.10. The Kier molecular flexibility index (Phi) is 4.33. The van der Waals surface area contributed by atoms with Crippen molar-refractivity contribution in [3.05, 3.63) is 29.8 Å². The molecule has 0 spiro atoms. The van der Waals surface area contributed by atoms with Gasteiger partial charge in [-0.15, -0.1) is 0 Å². The number of hydrogen-bond donors (Lipinski definition) is 2. The highest BCUT2D eigenvalue weighted by atomic mass is 19.1. The molecule has 1 atom stereocenters. The number of anilines is 1. The molecule has 0 heterocycles. The van der Waals surface area contributed by atoms with Crippen LogP contribution in [0, 0.1) is 11.6 Å². The zero-order valence-electron chi connectivity index (χ0n) is 8.67. The van der Waals surface area contributed by atoms with E-state index in [1.165, 1.54) is 7.11 Å². The molecule has 0 radical (unpaired) electrons. The first-order valence-electron chi connectivity index (χ1n) is 4.54. The normalized spacial score (nSPS) is 12.2. The molecule has 0 aliphatic carbocycles. The number of ether oxygens (including phenoxy) is 1. The molecule has 0 saturated heterocycles. The lowest BCUT2D eigenvalue weighted by Crippen LogP contribution is -2.39. The van der Waals surface area contributed by atoms with E-state index in [0.717, 1.165) is 12.1 Å². The van der Waals surface area contributed by atoms with E-state index in [4.69, 9.17) is 5.73 Å². The number of rotatable bonds is 4. The molecule has 1 aromatic carbocycles. The molecule has 16 heavy (non-hydrogen) atoms. The summed E-state index contributed by atoms with van der Waals surface area (Å²) in [6, 6.07) is 1.84. The third-order valence-electron chi connectivity index (χ3n) is 1.81. The minimum absolute atomic E-state index is 0.0223. The van der Waals surface area contributed by atoms with Crippen molar-refractivity contribution in [2.75, 3.05) is 19.0 Å². The summed E-state index contributed by atoms with van der Waals surface area (Å²) in [7, 11) is 1.40. The van der Waals surface area contributed by atoms with Gasteiger partial charge in [0.05, 0.1) is 6.61 Å². The summed E-state index contributed by atoms with van der Waals surface area (Å²) in [5.41, 5.74) is 5.45. The number of amides is 1. The summed E-state index contributed by atoms with van der Waals surface area (Å²) in [6.45, 7) is 0.0314. The second kappa shape index (κ2) is 5.53. The van der Waals surface area contributed by atoms with Gasteiger partial charge in [0.25, 0.3) is 0 Å². The van der Waals surface area contributed by atoms with Gasteiger partial charge in [-0.3, -0.25) is 4.79 Å². The maximum Gasteiger partial charge on any atom is 0.243 e.